The molecule has 0 amide bonds. The summed E-state index contributed by atoms with van der Waals surface area (Å²) in [6.07, 6.45) is 6.10. The van der Waals surface area contributed by atoms with Crippen LogP contribution >= 0.6 is 0 Å². The third kappa shape index (κ3) is 4.49. The molecule has 1 aliphatic heterocycles. The minimum Gasteiger partial charge on any atom is -0.490 e. The van der Waals surface area contributed by atoms with E-state index < -0.39 is 0 Å². The quantitative estimate of drug-likeness (QED) is 0.685. The molecule has 0 aliphatic carbocycles. The Hall–Kier alpha value is -2.79. The van der Waals surface area contributed by atoms with Gasteiger partial charge in [-0.05, 0) is 49.7 Å². The molecule has 140 valence electrons. The van der Waals surface area contributed by atoms with Crippen molar-refractivity contribution in [2.75, 3.05) is 20.3 Å². The second kappa shape index (κ2) is 8.27. The lowest BCUT2D eigenvalue weighted by atomic mass is 10.1. The summed E-state index contributed by atoms with van der Waals surface area (Å²) < 4.78 is 13.6. The summed E-state index contributed by atoms with van der Waals surface area (Å²) in [5.41, 5.74) is 3.48. The van der Waals surface area contributed by atoms with E-state index in [1.807, 2.05) is 35.1 Å². The van der Waals surface area contributed by atoms with Crippen LogP contribution in [0.2, 0.25) is 0 Å². The Kier molecular flexibility index (Phi) is 5.39. The van der Waals surface area contributed by atoms with Gasteiger partial charge in [0.15, 0.2) is 11.5 Å². The fraction of sp³-hybridized carbons (Fsp3) is 0.318. The molecule has 0 unspecified atom stereocenters. The van der Waals surface area contributed by atoms with Gasteiger partial charge in [-0.3, -0.25) is 4.90 Å². The Bertz CT molecular complexity index is 876. The number of aromatic nitrogens is 2. The van der Waals surface area contributed by atoms with Crippen molar-refractivity contribution in [1.29, 1.82) is 0 Å². The first-order chi connectivity index (χ1) is 13.3. The molecule has 0 radical (unpaired) electrons. The number of fused-ring (bicyclic) bond motifs is 1. The molecule has 27 heavy (non-hydrogen) atoms. The average Bonchev–Trinajstić information content (AvgIpc) is 3.12. The van der Waals surface area contributed by atoms with E-state index in [2.05, 4.69) is 47.5 Å². The second-order valence-electron chi connectivity index (χ2n) is 6.99. The predicted molar refractivity (Wildman–Crippen MR) is 105 cm³/mol. The van der Waals surface area contributed by atoms with Gasteiger partial charge in [0.2, 0.25) is 0 Å². The number of rotatable bonds is 5. The first-order valence-electron chi connectivity index (χ1n) is 9.44. The van der Waals surface area contributed by atoms with Crippen molar-refractivity contribution in [2.45, 2.75) is 25.9 Å². The smallest absolute Gasteiger partial charge is 0.161 e. The van der Waals surface area contributed by atoms with Crippen molar-refractivity contribution >= 4 is 0 Å². The lowest BCUT2D eigenvalue weighted by Crippen LogP contribution is -2.17. The van der Waals surface area contributed by atoms with Crippen LogP contribution in [-0.2, 0) is 13.1 Å². The first kappa shape index (κ1) is 17.6. The van der Waals surface area contributed by atoms with Crippen LogP contribution < -0.4 is 9.47 Å². The number of hydrogen-bond acceptors (Lipinski definition) is 4. The van der Waals surface area contributed by atoms with E-state index in [4.69, 9.17) is 9.47 Å². The van der Waals surface area contributed by atoms with Gasteiger partial charge < -0.3 is 9.47 Å². The number of ether oxygens (including phenoxy) is 2. The zero-order valence-electron chi connectivity index (χ0n) is 15.7. The van der Waals surface area contributed by atoms with Gasteiger partial charge in [-0.1, -0.05) is 24.3 Å². The highest BCUT2D eigenvalue weighted by atomic mass is 16.5. The largest absolute Gasteiger partial charge is 0.490 e. The molecule has 4 rings (SSSR count). The Morgan fingerprint density at radius 1 is 0.926 bits per heavy atom. The summed E-state index contributed by atoms with van der Waals surface area (Å²) in [5.74, 6) is 1.71. The molecule has 1 aliphatic rings. The summed E-state index contributed by atoms with van der Waals surface area (Å²) >= 11 is 0. The Morgan fingerprint density at radius 2 is 1.67 bits per heavy atom. The van der Waals surface area contributed by atoms with Gasteiger partial charge in [0.25, 0.3) is 0 Å². The van der Waals surface area contributed by atoms with Crippen molar-refractivity contribution in [1.82, 2.24) is 14.7 Å². The molecule has 0 bridgehead atoms. The van der Waals surface area contributed by atoms with Gasteiger partial charge >= 0.3 is 0 Å². The van der Waals surface area contributed by atoms with Gasteiger partial charge in [-0.2, -0.15) is 5.10 Å². The normalized spacial score (nSPS) is 14.0. The molecule has 0 fully saturated rings. The molecule has 0 N–H and O–H groups in total. The van der Waals surface area contributed by atoms with Crippen molar-refractivity contribution in [2.24, 2.45) is 0 Å². The molecule has 5 nitrogen and oxygen atoms in total. The van der Waals surface area contributed by atoms with Crippen molar-refractivity contribution in [3.05, 3.63) is 72.1 Å². The SMILES string of the molecule is CN(Cc1ccc2c(c1)OCCCCO2)Cc1cnn(-c2ccccc2)c1. The van der Waals surface area contributed by atoms with E-state index in [1.54, 1.807) is 0 Å². The van der Waals surface area contributed by atoms with Crippen LogP contribution in [-0.4, -0.2) is 34.9 Å². The summed E-state index contributed by atoms with van der Waals surface area (Å²) in [7, 11) is 2.12. The van der Waals surface area contributed by atoms with Crippen LogP contribution in [0.15, 0.2) is 60.9 Å². The van der Waals surface area contributed by atoms with Crippen LogP contribution in [0, 0.1) is 0 Å². The zero-order chi connectivity index (χ0) is 18.5. The number of hydrogen-bond donors (Lipinski definition) is 0. The van der Waals surface area contributed by atoms with E-state index >= 15 is 0 Å². The Labute approximate surface area is 160 Å². The highest BCUT2D eigenvalue weighted by Gasteiger charge is 2.11. The molecule has 0 spiro atoms. The van der Waals surface area contributed by atoms with Gasteiger partial charge in [0, 0.05) is 24.8 Å². The van der Waals surface area contributed by atoms with Crippen molar-refractivity contribution in [3.8, 4) is 17.2 Å². The van der Waals surface area contributed by atoms with Crippen LogP contribution in [0.4, 0.5) is 0 Å². The maximum atomic E-state index is 5.86. The van der Waals surface area contributed by atoms with Crippen LogP contribution in [0.3, 0.4) is 0 Å². The predicted octanol–water partition coefficient (Wildman–Crippen LogP) is 4.06. The summed E-state index contributed by atoms with van der Waals surface area (Å²) in [6.45, 7) is 3.20. The van der Waals surface area contributed by atoms with Gasteiger partial charge in [0.1, 0.15) is 0 Å². The topological polar surface area (TPSA) is 39.5 Å². The van der Waals surface area contributed by atoms with Crippen LogP contribution in [0.25, 0.3) is 5.69 Å². The lowest BCUT2D eigenvalue weighted by molar-refractivity contribution is 0.223. The second-order valence-corrected chi connectivity index (χ2v) is 6.99. The van der Waals surface area contributed by atoms with Crippen LogP contribution in [0.1, 0.15) is 24.0 Å². The standard InChI is InChI=1S/C22H25N3O2/c1-24(16-19-14-23-25(17-19)20-7-3-2-4-8-20)15-18-9-10-21-22(13-18)27-12-6-5-11-26-21/h2-4,7-10,13-14,17H,5-6,11-12,15-16H2,1H3. The van der Waals surface area contributed by atoms with Crippen molar-refractivity contribution < 1.29 is 9.47 Å². The van der Waals surface area contributed by atoms with E-state index in [0.29, 0.717) is 0 Å². The lowest BCUT2D eigenvalue weighted by Gasteiger charge is -2.19. The number of nitrogens with zero attached hydrogens (tertiary/aromatic N) is 3. The maximum absolute atomic E-state index is 5.86. The Morgan fingerprint density at radius 3 is 2.48 bits per heavy atom. The zero-order valence-corrected chi connectivity index (χ0v) is 15.7. The number of benzene rings is 2. The van der Waals surface area contributed by atoms with E-state index in [1.165, 1.54) is 11.1 Å². The molecule has 1 aromatic heterocycles. The summed E-state index contributed by atoms with van der Waals surface area (Å²) in [5, 5.41) is 4.48. The molecule has 0 saturated heterocycles. The molecule has 0 atom stereocenters. The van der Waals surface area contributed by atoms with E-state index in [9.17, 15) is 0 Å². The first-order valence-corrected chi connectivity index (χ1v) is 9.44. The molecular weight excluding hydrogens is 338 g/mol. The molecule has 2 aromatic carbocycles. The molecule has 2 heterocycles. The highest BCUT2D eigenvalue weighted by Crippen LogP contribution is 2.30. The monoisotopic (exact) mass is 363 g/mol. The third-order valence-corrected chi connectivity index (χ3v) is 4.62. The highest BCUT2D eigenvalue weighted by molar-refractivity contribution is 5.43. The fourth-order valence-electron chi connectivity index (χ4n) is 3.29. The molecule has 5 heteroatoms. The molecule has 3 aromatic rings. The third-order valence-electron chi connectivity index (χ3n) is 4.62. The average molecular weight is 363 g/mol. The summed E-state index contributed by atoms with van der Waals surface area (Å²) in [4.78, 5) is 2.28. The minimum atomic E-state index is 0.758. The van der Waals surface area contributed by atoms with Crippen molar-refractivity contribution in [3.63, 3.8) is 0 Å². The van der Waals surface area contributed by atoms with Crippen LogP contribution in [0.5, 0.6) is 11.5 Å². The minimum absolute atomic E-state index is 0.758. The number of para-hydroxylation sites is 1. The van der Waals surface area contributed by atoms with Gasteiger partial charge in [-0.25, -0.2) is 4.68 Å². The summed E-state index contributed by atoms with van der Waals surface area (Å²) in [6, 6.07) is 16.4. The Balaban J connectivity index is 1.40. The fourth-order valence-corrected chi connectivity index (χ4v) is 3.29. The van der Waals surface area contributed by atoms with Gasteiger partial charge in [-0.15, -0.1) is 0 Å². The molecule has 0 saturated carbocycles. The van der Waals surface area contributed by atoms with E-state index in [0.717, 1.165) is 56.3 Å². The maximum Gasteiger partial charge on any atom is 0.161 e. The van der Waals surface area contributed by atoms with E-state index in [-0.39, 0.29) is 0 Å². The van der Waals surface area contributed by atoms with Gasteiger partial charge in [0.05, 0.1) is 25.1 Å². The molecular formula is C22H25N3O2.